The van der Waals surface area contributed by atoms with Gasteiger partial charge in [-0.15, -0.1) is 0 Å². The molecule has 0 spiro atoms. The SMILES string of the molecule is CCOC(=O)/C=C(/Sc1ccc2ccccc2c1)C(O)c1ccc(C)cc1. The van der Waals surface area contributed by atoms with E-state index in [1.54, 1.807) is 6.92 Å². The van der Waals surface area contributed by atoms with Gasteiger partial charge < -0.3 is 9.84 Å². The molecule has 0 saturated carbocycles. The van der Waals surface area contributed by atoms with Gasteiger partial charge in [0, 0.05) is 15.9 Å². The van der Waals surface area contributed by atoms with Gasteiger partial charge in [0.1, 0.15) is 6.10 Å². The van der Waals surface area contributed by atoms with Gasteiger partial charge in [-0.25, -0.2) is 4.79 Å². The van der Waals surface area contributed by atoms with E-state index in [2.05, 4.69) is 12.1 Å². The molecule has 4 heteroatoms. The number of aliphatic hydroxyl groups excluding tert-OH is 1. The first-order chi connectivity index (χ1) is 13.1. The summed E-state index contributed by atoms with van der Waals surface area (Å²) >= 11 is 1.38. The maximum Gasteiger partial charge on any atom is 0.331 e. The number of aryl methyl sites for hydroxylation is 1. The second kappa shape index (κ2) is 8.89. The van der Waals surface area contributed by atoms with Crippen molar-refractivity contribution in [2.45, 2.75) is 24.8 Å². The summed E-state index contributed by atoms with van der Waals surface area (Å²) in [6.45, 7) is 4.05. The monoisotopic (exact) mass is 378 g/mol. The zero-order valence-corrected chi connectivity index (χ0v) is 16.2. The number of hydrogen-bond acceptors (Lipinski definition) is 4. The zero-order valence-electron chi connectivity index (χ0n) is 15.4. The molecule has 27 heavy (non-hydrogen) atoms. The van der Waals surface area contributed by atoms with Crippen LogP contribution in [0, 0.1) is 6.92 Å². The molecule has 0 aromatic heterocycles. The Morgan fingerprint density at radius 1 is 1.07 bits per heavy atom. The van der Waals surface area contributed by atoms with Crippen LogP contribution in [0.15, 0.2) is 82.6 Å². The van der Waals surface area contributed by atoms with Crippen LogP contribution in [-0.2, 0) is 9.53 Å². The van der Waals surface area contributed by atoms with E-state index in [0.29, 0.717) is 11.5 Å². The lowest BCUT2D eigenvalue weighted by atomic mass is 10.1. The van der Waals surface area contributed by atoms with Gasteiger partial charge in [-0.2, -0.15) is 0 Å². The third-order valence-corrected chi connectivity index (χ3v) is 5.23. The Balaban J connectivity index is 1.93. The molecular formula is C23H22O3S. The number of aliphatic hydroxyl groups is 1. The molecule has 1 unspecified atom stereocenters. The Kier molecular flexibility index (Phi) is 6.32. The van der Waals surface area contributed by atoms with Crippen molar-refractivity contribution in [1.82, 2.24) is 0 Å². The van der Waals surface area contributed by atoms with Crippen LogP contribution < -0.4 is 0 Å². The van der Waals surface area contributed by atoms with Crippen molar-refractivity contribution in [3.63, 3.8) is 0 Å². The van der Waals surface area contributed by atoms with Gasteiger partial charge in [-0.3, -0.25) is 0 Å². The zero-order chi connectivity index (χ0) is 19.2. The van der Waals surface area contributed by atoms with Gasteiger partial charge in [0.2, 0.25) is 0 Å². The Morgan fingerprint density at radius 3 is 2.48 bits per heavy atom. The molecule has 3 nitrogen and oxygen atoms in total. The molecule has 0 radical (unpaired) electrons. The van der Waals surface area contributed by atoms with E-state index < -0.39 is 12.1 Å². The van der Waals surface area contributed by atoms with Gasteiger partial charge >= 0.3 is 5.97 Å². The van der Waals surface area contributed by atoms with Crippen molar-refractivity contribution in [2.75, 3.05) is 6.61 Å². The number of benzene rings is 3. The minimum absolute atomic E-state index is 0.296. The van der Waals surface area contributed by atoms with Gasteiger partial charge in [0.25, 0.3) is 0 Å². The number of ether oxygens (including phenoxy) is 1. The fourth-order valence-corrected chi connectivity index (χ4v) is 3.74. The summed E-state index contributed by atoms with van der Waals surface area (Å²) in [7, 11) is 0. The van der Waals surface area contributed by atoms with Crippen LogP contribution in [0.1, 0.15) is 24.2 Å². The lowest BCUT2D eigenvalue weighted by Crippen LogP contribution is -2.05. The van der Waals surface area contributed by atoms with E-state index in [0.717, 1.165) is 26.8 Å². The van der Waals surface area contributed by atoms with E-state index in [9.17, 15) is 9.90 Å². The van der Waals surface area contributed by atoms with Crippen LogP contribution in [0.4, 0.5) is 0 Å². The van der Waals surface area contributed by atoms with Gasteiger partial charge in [-0.1, -0.05) is 71.9 Å². The minimum atomic E-state index is -0.897. The molecule has 0 aliphatic rings. The predicted octanol–water partition coefficient (Wildman–Crippen LogP) is 5.42. The second-order valence-corrected chi connectivity index (χ2v) is 7.37. The Hall–Kier alpha value is -2.56. The number of carbonyl (C=O) groups excluding carboxylic acids is 1. The normalized spacial score (nSPS) is 12.8. The molecule has 3 rings (SSSR count). The summed E-state index contributed by atoms with van der Waals surface area (Å²) in [6.07, 6.45) is 0.486. The Bertz CT molecular complexity index is 961. The number of hydrogen-bond donors (Lipinski definition) is 1. The second-order valence-electron chi connectivity index (χ2n) is 6.22. The molecular weight excluding hydrogens is 356 g/mol. The molecule has 138 valence electrons. The third-order valence-electron chi connectivity index (χ3n) is 4.17. The van der Waals surface area contributed by atoms with Crippen molar-refractivity contribution in [3.8, 4) is 0 Å². The van der Waals surface area contributed by atoms with Crippen molar-refractivity contribution in [2.24, 2.45) is 0 Å². The molecule has 0 saturated heterocycles. The molecule has 0 aliphatic carbocycles. The minimum Gasteiger partial charge on any atom is -0.463 e. The molecule has 0 aliphatic heterocycles. The highest BCUT2D eigenvalue weighted by molar-refractivity contribution is 8.03. The van der Waals surface area contributed by atoms with E-state index >= 15 is 0 Å². The van der Waals surface area contributed by atoms with Gasteiger partial charge in [0.15, 0.2) is 0 Å². The van der Waals surface area contributed by atoms with Crippen LogP contribution >= 0.6 is 11.8 Å². The van der Waals surface area contributed by atoms with E-state index in [1.165, 1.54) is 17.8 Å². The molecule has 0 fully saturated rings. The summed E-state index contributed by atoms with van der Waals surface area (Å²) in [5.41, 5.74) is 1.86. The van der Waals surface area contributed by atoms with Crippen LogP contribution in [0.2, 0.25) is 0 Å². The first kappa shape index (κ1) is 19.2. The van der Waals surface area contributed by atoms with Crippen molar-refractivity contribution < 1.29 is 14.6 Å². The number of carbonyl (C=O) groups is 1. The summed E-state index contributed by atoms with van der Waals surface area (Å²) in [5.74, 6) is -0.452. The number of thioether (sulfide) groups is 1. The number of esters is 1. The summed E-state index contributed by atoms with van der Waals surface area (Å²) in [4.78, 5) is 13.5. The van der Waals surface area contributed by atoms with Crippen LogP contribution in [-0.4, -0.2) is 17.7 Å². The number of rotatable bonds is 6. The first-order valence-corrected chi connectivity index (χ1v) is 9.68. The average molecular weight is 378 g/mol. The number of fused-ring (bicyclic) bond motifs is 1. The van der Waals surface area contributed by atoms with Crippen molar-refractivity contribution in [1.29, 1.82) is 0 Å². The van der Waals surface area contributed by atoms with E-state index in [1.807, 2.05) is 61.5 Å². The maximum atomic E-state index is 12.0. The lowest BCUT2D eigenvalue weighted by Gasteiger charge is -2.16. The topological polar surface area (TPSA) is 46.5 Å². The van der Waals surface area contributed by atoms with Crippen molar-refractivity contribution >= 4 is 28.5 Å². The lowest BCUT2D eigenvalue weighted by molar-refractivity contribution is -0.137. The molecule has 0 amide bonds. The summed E-state index contributed by atoms with van der Waals surface area (Å²) in [5, 5.41) is 13.1. The fourth-order valence-electron chi connectivity index (χ4n) is 2.74. The summed E-state index contributed by atoms with van der Waals surface area (Å²) in [6, 6.07) is 21.8. The molecule has 1 atom stereocenters. The first-order valence-electron chi connectivity index (χ1n) is 8.86. The highest BCUT2D eigenvalue weighted by Gasteiger charge is 2.17. The third kappa shape index (κ3) is 5.00. The highest BCUT2D eigenvalue weighted by Crippen LogP contribution is 2.37. The van der Waals surface area contributed by atoms with E-state index in [-0.39, 0.29) is 0 Å². The smallest absolute Gasteiger partial charge is 0.331 e. The molecule has 3 aromatic rings. The average Bonchev–Trinajstić information content (AvgIpc) is 2.67. The largest absolute Gasteiger partial charge is 0.463 e. The quantitative estimate of drug-likeness (QED) is 0.353. The Morgan fingerprint density at radius 2 is 1.78 bits per heavy atom. The standard InChI is InChI=1S/C23H22O3S/c1-3-26-22(24)15-21(23(25)18-10-8-16(2)9-11-18)27-20-13-12-17-6-4-5-7-19(17)14-20/h4-15,23,25H,3H2,1-2H3/b21-15+. The maximum absolute atomic E-state index is 12.0. The molecule has 0 bridgehead atoms. The van der Waals surface area contributed by atoms with Crippen LogP contribution in [0.3, 0.4) is 0 Å². The highest BCUT2D eigenvalue weighted by atomic mass is 32.2. The van der Waals surface area contributed by atoms with Gasteiger partial charge in [0.05, 0.1) is 6.61 Å². The molecule has 3 aromatic carbocycles. The fraction of sp³-hybridized carbons (Fsp3) is 0.174. The van der Waals surface area contributed by atoms with Crippen molar-refractivity contribution in [3.05, 3.63) is 88.8 Å². The van der Waals surface area contributed by atoms with Crippen LogP contribution in [0.5, 0.6) is 0 Å². The molecule has 1 N–H and O–H groups in total. The molecule has 0 heterocycles. The Labute approximate surface area is 163 Å². The summed E-state index contributed by atoms with van der Waals surface area (Å²) < 4.78 is 5.05. The van der Waals surface area contributed by atoms with E-state index in [4.69, 9.17) is 4.74 Å². The predicted molar refractivity (Wildman–Crippen MR) is 111 cm³/mol. The van der Waals surface area contributed by atoms with Crippen LogP contribution in [0.25, 0.3) is 10.8 Å². The van der Waals surface area contributed by atoms with Gasteiger partial charge in [-0.05, 0) is 42.3 Å².